The maximum absolute atomic E-state index is 12.4. The molecule has 0 bridgehead atoms. The number of carbonyl (C=O) groups is 2. The first kappa shape index (κ1) is 18.4. The van der Waals surface area contributed by atoms with E-state index in [1.807, 2.05) is 4.90 Å². The van der Waals surface area contributed by atoms with E-state index in [1.54, 1.807) is 19.0 Å². The van der Waals surface area contributed by atoms with Crippen LogP contribution in [0.15, 0.2) is 4.34 Å². The highest BCUT2D eigenvalue weighted by Gasteiger charge is 2.24. The van der Waals surface area contributed by atoms with Gasteiger partial charge in [-0.1, -0.05) is 23.1 Å². The summed E-state index contributed by atoms with van der Waals surface area (Å²) in [5, 5.41) is 12.4. The van der Waals surface area contributed by atoms with Gasteiger partial charge in [0.1, 0.15) is 0 Å². The molecule has 138 valence electrons. The Balaban J connectivity index is 1.37. The minimum atomic E-state index is 0.0993. The summed E-state index contributed by atoms with van der Waals surface area (Å²) in [6, 6.07) is 0.558. The number of piperazine rings is 1. The van der Waals surface area contributed by atoms with Crippen LogP contribution in [0.4, 0.5) is 5.13 Å². The number of aromatic nitrogens is 2. The van der Waals surface area contributed by atoms with Crippen LogP contribution in [0.25, 0.3) is 0 Å². The number of thioether (sulfide) groups is 1. The number of likely N-dealkylation sites (N-methyl/N-ethyl adjacent to an activating group) is 1. The number of nitrogens with zero attached hydrogens (tertiary/aromatic N) is 5. The lowest BCUT2D eigenvalue weighted by molar-refractivity contribution is -0.132. The third-order valence-corrected chi connectivity index (χ3v) is 6.19. The number of amides is 2. The third kappa shape index (κ3) is 5.55. The molecular weight excluding hydrogens is 360 g/mol. The molecular formula is C15H24N6O2S2. The van der Waals surface area contributed by atoms with Crippen molar-refractivity contribution in [2.45, 2.75) is 23.2 Å². The molecule has 3 rings (SSSR count). The van der Waals surface area contributed by atoms with Crippen molar-refractivity contribution < 1.29 is 9.59 Å². The van der Waals surface area contributed by atoms with Crippen molar-refractivity contribution in [3.63, 3.8) is 0 Å². The summed E-state index contributed by atoms with van der Waals surface area (Å²) in [5.41, 5.74) is 0. The Morgan fingerprint density at radius 1 is 1.24 bits per heavy atom. The van der Waals surface area contributed by atoms with Crippen molar-refractivity contribution in [3.05, 3.63) is 0 Å². The molecule has 1 saturated carbocycles. The van der Waals surface area contributed by atoms with Crippen LogP contribution in [0.1, 0.15) is 12.8 Å². The number of carbonyl (C=O) groups excluding carboxylic acids is 2. The fraction of sp³-hybridized carbons (Fsp3) is 0.733. The summed E-state index contributed by atoms with van der Waals surface area (Å²) in [6.07, 6.45) is 2.40. The van der Waals surface area contributed by atoms with E-state index < -0.39 is 0 Å². The van der Waals surface area contributed by atoms with Crippen molar-refractivity contribution in [2.75, 3.05) is 57.9 Å². The minimum absolute atomic E-state index is 0.0993. The molecule has 1 aliphatic carbocycles. The van der Waals surface area contributed by atoms with E-state index in [0.29, 0.717) is 31.4 Å². The van der Waals surface area contributed by atoms with Gasteiger partial charge in [0.15, 0.2) is 4.34 Å². The smallest absolute Gasteiger partial charge is 0.236 e. The third-order valence-electron chi connectivity index (χ3n) is 4.21. The Morgan fingerprint density at radius 3 is 2.60 bits per heavy atom. The van der Waals surface area contributed by atoms with E-state index in [-0.39, 0.29) is 11.8 Å². The molecule has 2 heterocycles. The summed E-state index contributed by atoms with van der Waals surface area (Å²) in [7, 11) is 3.52. The van der Waals surface area contributed by atoms with Crippen LogP contribution in [0.3, 0.4) is 0 Å². The molecule has 1 aromatic heterocycles. The van der Waals surface area contributed by atoms with E-state index >= 15 is 0 Å². The van der Waals surface area contributed by atoms with Gasteiger partial charge in [0.2, 0.25) is 16.9 Å². The largest absolute Gasteiger partial charge is 0.357 e. The van der Waals surface area contributed by atoms with Gasteiger partial charge in [-0.05, 0) is 12.8 Å². The topological polar surface area (TPSA) is 81.7 Å². The monoisotopic (exact) mass is 384 g/mol. The molecule has 0 aromatic carbocycles. The average Bonchev–Trinajstić information content (AvgIpc) is 3.29. The molecule has 0 unspecified atom stereocenters. The second-order valence-corrected chi connectivity index (χ2v) is 8.73. The minimum Gasteiger partial charge on any atom is -0.357 e. The molecule has 0 radical (unpaired) electrons. The Bertz CT molecular complexity index is 611. The summed E-state index contributed by atoms with van der Waals surface area (Å²) >= 11 is 2.95. The number of anilines is 1. The maximum Gasteiger partial charge on any atom is 0.236 e. The van der Waals surface area contributed by atoms with Gasteiger partial charge in [0, 0.05) is 46.3 Å². The normalized spacial score (nSPS) is 18.2. The molecule has 2 fully saturated rings. The SMILES string of the molecule is CN(C)C(=O)CN1CCN(C(=O)CSc2nnc(NC3CC3)s2)CC1. The Kier molecular flexibility index (Phi) is 6.13. The standard InChI is InChI=1S/C15H24N6O2S2/c1-19(2)12(22)9-20-5-7-21(8-6-20)13(23)10-24-15-18-17-14(25-15)16-11-3-4-11/h11H,3-10H2,1-2H3,(H,16,17). The van der Waals surface area contributed by atoms with E-state index in [1.165, 1.54) is 35.9 Å². The predicted octanol–water partition coefficient (Wildman–Crippen LogP) is 0.437. The summed E-state index contributed by atoms with van der Waals surface area (Å²) < 4.78 is 0.826. The Morgan fingerprint density at radius 2 is 1.96 bits per heavy atom. The first-order chi connectivity index (χ1) is 12.0. The average molecular weight is 385 g/mol. The fourth-order valence-electron chi connectivity index (χ4n) is 2.43. The van der Waals surface area contributed by atoms with E-state index in [2.05, 4.69) is 20.4 Å². The Labute approximate surface area is 155 Å². The van der Waals surface area contributed by atoms with Crippen LogP contribution in [-0.2, 0) is 9.59 Å². The van der Waals surface area contributed by atoms with Gasteiger partial charge in [-0.25, -0.2) is 0 Å². The molecule has 8 nitrogen and oxygen atoms in total. The highest BCUT2D eigenvalue weighted by molar-refractivity contribution is 8.01. The highest BCUT2D eigenvalue weighted by Crippen LogP contribution is 2.30. The van der Waals surface area contributed by atoms with E-state index in [4.69, 9.17) is 0 Å². The number of hydrogen-bond acceptors (Lipinski definition) is 8. The predicted molar refractivity (Wildman–Crippen MR) is 99.0 cm³/mol. The van der Waals surface area contributed by atoms with E-state index in [0.717, 1.165) is 22.6 Å². The van der Waals surface area contributed by atoms with Gasteiger partial charge < -0.3 is 15.1 Å². The zero-order valence-corrected chi connectivity index (χ0v) is 16.2. The molecule has 10 heteroatoms. The second-order valence-electron chi connectivity index (χ2n) is 6.53. The molecule has 1 aliphatic heterocycles. The second kappa shape index (κ2) is 8.33. The van der Waals surface area contributed by atoms with Crippen LogP contribution in [0.5, 0.6) is 0 Å². The maximum atomic E-state index is 12.4. The Hall–Kier alpha value is -1.39. The van der Waals surface area contributed by atoms with Crippen LogP contribution >= 0.6 is 23.1 Å². The zero-order valence-electron chi connectivity index (χ0n) is 14.6. The zero-order chi connectivity index (χ0) is 17.8. The fourth-order valence-corrected chi connectivity index (χ4v) is 4.16. The highest BCUT2D eigenvalue weighted by atomic mass is 32.2. The van der Waals surface area contributed by atoms with Crippen molar-refractivity contribution in [3.8, 4) is 0 Å². The lowest BCUT2D eigenvalue weighted by atomic mass is 10.3. The van der Waals surface area contributed by atoms with Gasteiger partial charge in [-0.3, -0.25) is 14.5 Å². The lowest BCUT2D eigenvalue weighted by Crippen LogP contribution is -2.51. The van der Waals surface area contributed by atoms with Crippen LogP contribution in [-0.4, -0.2) is 95.3 Å². The van der Waals surface area contributed by atoms with Crippen molar-refractivity contribution >= 4 is 40.0 Å². The summed E-state index contributed by atoms with van der Waals surface area (Å²) in [4.78, 5) is 29.7. The van der Waals surface area contributed by atoms with Crippen LogP contribution < -0.4 is 5.32 Å². The van der Waals surface area contributed by atoms with Crippen LogP contribution in [0, 0.1) is 0 Å². The van der Waals surface area contributed by atoms with Crippen molar-refractivity contribution in [1.29, 1.82) is 0 Å². The van der Waals surface area contributed by atoms with Gasteiger partial charge in [-0.2, -0.15) is 0 Å². The quantitative estimate of drug-likeness (QED) is 0.683. The molecule has 2 aliphatic rings. The molecule has 1 aromatic rings. The number of rotatable bonds is 7. The molecule has 25 heavy (non-hydrogen) atoms. The number of nitrogens with one attached hydrogen (secondary N) is 1. The first-order valence-electron chi connectivity index (χ1n) is 8.44. The van der Waals surface area contributed by atoms with Gasteiger partial charge in [0.05, 0.1) is 12.3 Å². The molecule has 1 saturated heterocycles. The van der Waals surface area contributed by atoms with Gasteiger partial charge in [0.25, 0.3) is 0 Å². The summed E-state index contributed by atoms with van der Waals surface area (Å²) in [5.74, 6) is 0.604. The molecule has 2 amide bonds. The molecule has 0 spiro atoms. The lowest BCUT2D eigenvalue weighted by Gasteiger charge is -2.34. The summed E-state index contributed by atoms with van der Waals surface area (Å²) in [6.45, 7) is 3.25. The van der Waals surface area contributed by atoms with Crippen molar-refractivity contribution in [2.24, 2.45) is 0 Å². The van der Waals surface area contributed by atoms with Crippen LogP contribution in [0.2, 0.25) is 0 Å². The van der Waals surface area contributed by atoms with E-state index in [9.17, 15) is 9.59 Å². The molecule has 1 N–H and O–H groups in total. The molecule has 0 atom stereocenters. The van der Waals surface area contributed by atoms with Crippen molar-refractivity contribution in [1.82, 2.24) is 24.9 Å². The first-order valence-corrected chi connectivity index (χ1v) is 10.2. The van der Waals surface area contributed by atoms with Gasteiger partial charge in [-0.15, -0.1) is 10.2 Å². The number of hydrogen-bond donors (Lipinski definition) is 1. The van der Waals surface area contributed by atoms with Gasteiger partial charge >= 0.3 is 0 Å².